The normalized spacial score (nSPS) is 12.1. The van der Waals surface area contributed by atoms with E-state index >= 15 is 0 Å². The van der Waals surface area contributed by atoms with Gasteiger partial charge in [-0.25, -0.2) is 4.79 Å². The fraction of sp³-hybridized carbons (Fsp3) is 0.150. The number of hydrogen-bond donors (Lipinski definition) is 4. The molecule has 2 aromatic carbocycles. The summed E-state index contributed by atoms with van der Waals surface area (Å²) in [5.74, 6) is -0.715. The van der Waals surface area contributed by atoms with Crippen LogP contribution < -0.4 is 22.5 Å². The minimum Gasteiger partial charge on any atom is -0.383 e. The molecule has 3 amide bonds. The number of nitrogens with zero attached hydrogens (tertiary/aromatic N) is 1. The molecule has 7 nitrogen and oxygen atoms in total. The molecule has 0 radical (unpaired) electrons. The molecular formula is C20H23N5O2. The second-order valence-electron chi connectivity index (χ2n) is 6.26. The summed E-state index contributed by atoms with van der Waals surface area (Å²) in [7, 11) is 0. The van der Waals surface area contributed by atoms with Gasteiger partial charge in [-0.05, 0) is 34.7 Å². The van der Waals surface area contributed by atoms with E-state index in [-0.39, 0.29) is 11.4 Å². The maximum absolute atomic E-state index is 11.5. The van der Waals surface area contributed by atoms with E-state index in [0.717, 1.165) is 11.1 Å². The standard InChI is InChI=1S/C20H23N5O2/c1-12(2)14-4-3-5-15(10-14)13-6-8-16(9-7-13)24-11-17(19(22)26)18(21)25-20(23)27/h3-12,24H,1-2H3,(H2,22,26)(H4,21,23,25,27)/b17-11+. The van der Waals surface area contributed by atoms with Gasteiger partial charge >= 0.3 is 6.03 Å². The van der Waals surface area contributed by atoms with E-state index in [0.29, 0.717) is 11.6 Å². The van der Waals surface area contributed by atoms with E-state index < -0.39 is 11.9 Å². The largest absolute Gasteiger partial charge is 0.383 e. The van der Waals surface area contributed by atoms with Crippen LogP contribution in [0.5, 0.6) is 0 Å². The maximum Gasteiger partial charge on any atom is 0.340 e. The van der Waals surface area contributed by atoms with Crippen molar-refractivity contribution in [2.45, 2.75) is 19.8 Å². The first-order valence-corrected chi connectivity index (χ1v) is 8.38. The number of hydrogen-bond acceptors (Lipinski definition) is 3. The third kappa shape index (κ3) is 5.43. The summed E-state index contributed by atoms with van der Waals surface area (Å²) in [4.78, 5) is 25.6. The topological polar surface area (TPSA) is 137 Å². The second-order valence-corrected chi connectivity index (χ2v) is 6.26. The number of primary amides is 2. The first kappa shape index (κ1) is 19.7. The lowest BCUT2D eigenvalue weighted by atomic mass is 9.97. The number of nitrogens with two attached hydrogens (primary N) is 3. The van der Waals surface area contributed by atoms with Crippen molar-refractivity contribution in [2.24, 2.45) is 22.2 Å². The quantitative estimate of drug-likeness (QED) is 0.355. The van der Waals surface area contributed by atoms with Gasteiger partial charge in [0.2, 0.25) is 0 Å². The van der Waals surface area contributed by atoms with E-state index in [1.165, 1.54) is 11.8 Å². The van der Waals surface area contributed by atoms with Crippen molar-refractivity contribution in [3.05, 3.63) is 65.9 Å². The number of nitrogens with one attached hydrogen (secondary N) is 1. The summed E-state index contributed by atoms with van der Waals surface area (Å²) in [6.07, 6.45) is 1.29. The molecule has 0 spiro atoms. The highest BCUT2D eigenvalue weighted by atomic mass is 16.2. The van der Waals surface area contributed by atoms with E-state index in [9.17, 15) is 9.59 Å². The number of rotatable bonds is 6. The zero-order valence-corrected chi connectivity index (χ0v) is 15.3. The van der Waals surface area contributed by atoms with Gasteiger partial charge in [-0.3, -0.25) is 4.79 Å². The van der Waals surface area contributed by atoms with Crippen LogP contribution in [-0.4, -0.2) is 17.8 Å². The van der Waals surface area contributed by atoms with Crippen LogP contribution in [0.15, 0.2) is 65.3 Å². The van der Waals surface area contributed by atoms with Gasteiger partial charge in [0.25, 0.3) is 5.91 Å². The highest BCUT2D eigenvalue weighted by Crippen LogP contribution is 2.25. The van der Waals surface area contributed by atoms with Gasteiger partial charge in [0.1, 0.15) is 5.84 Å². The lowest BCUT2D eigenvalue weighted by molar-refractivity contribution is -0.114. The second kappa shape index (κ2) is 8.66. The Morgan fingerprint density at radius 3 is 2.22 bits per heavy atom. The molecule has 2 aromatic rings. The van der Waals surface area contributed by atoms with Gasteiger partial charge in [-0.2, -0.15) is 4.99 Å². The summed E-state index contributed by atoms with van der Waals surface area (Å²) in [5, 5.41) is 2.91. The molecule has 0 saturated heterocycles. The molecule has 0 saturated carbocycles. The first-order chi connectivity index (χ1) is 12.8. The molecular weight excluding hydrogens is 342 g/mol. The first-order valence-electron chi connectivity index (χ1n) is 8.38. The summed E-state index contributed by atoms with van der Waals surface area (Å²) < 4.78 is 0. The molecule has 2 rings (SSSR count). The third-order valence-corrected chi connectivity index (χ3v) is 3.93. The number of urea groups is 1. The minimum absolute atomic E-state index is 0.137. The predicted octanol–water partition coefficient (Wildman–Crippen LogP) is 2.69. The highest BCUT2D eigenvalue weighted by molar-refractivity contribution is 6.21. The SMILES string of the molecule is CC(C)c1cccc(-c2ccc(N/C=C(C(N)=O)\C(N)=N\C(N)=O)cc2)c1. The van der Waals surface area contributed by atoms with Crippen molar-refractivity contribution >= 4 is 23.5 Å². The molecule has 0 unspecified atom stereocenters. The van der Waals surface area contributed by atoms with Crippen molar-refractivity contribution in [1.82, 2.24) is 0 Å². The molecule has 0 atom stereocenters. The summed E-state index contributed by atoms with van der Waals surface area (Å²) in [6, 6.07) is 15.0. The van der Waals surface area contributed by atoms with E-state index in [1.54, 1.807) is 0 Å². The summed E-state index contributed by atoms with van der Waals surface area (Å²) in [5.41, 5.74) is 19.8. The van der Waals surface area contributed by atoms with Crippen LogP contribution in [0.3, 0.4) is 0 Å². The van der Waals surface area contributed by atoms with Crippen molar-refractivity contribution in [2.75, 3.05) is 5.32 Å². The molecule has 0 bridgehead atoms. The van der Waals surface area contributed by atoms with Gasteiger partial charge in [0, 0.05) is 11.9 Å². The molecule has 0 aliphatic carbocycles. The Labute approximate surface area is 158 Å². The Kier molecular flexibility index (Phi) is 6.32. The van der Waals surface area contributed by atoms with Crippen LogP contribution in [0, 0.1) is 0 Å². The molecule has 7 N–H and O–H groups in total. The molecule has 0 aliphatic heterocycles. The average Bonchev–Trinajstić information content (AvgIpc) is 2.61. The van der Waals surface area contributed by atoms with Crippen LogP contribution in [-0.2, 0) is 4.79 Å². The molecule has 140 valence electrons. The molecule has 0 heterocycles. The third-order valence-electron chi connectivity index (χ3n) is 3.93. The van der Waals surface area contributed by atoms with E-state index in [4.69, 9.17) is 17.2 Å². The van der Waals surface area contributed by atoms with Crippen LogP contribution in [0.4, 0.5) is 10.5 Å². The van der Waals surface area contributed by atoms with Crippen molar-refractivity contribution in [1.29, 1.82) is 0 Å². The monoisotopic (exact) mass is 365 g/mol. The average molecular weight is 365 g/mol. The molecule has 7 heteroatoms. The van der Waals surface area contributed by atoms with Gasteiger partial charge in [-0.1, -0.05) is 50.2 Å². The Bertz CT molecular complexity index is 899. The zero-order valence-electron chi connectivity index (χ0n) is 15.3. The fourth-order valence-corrected chi connectivity index (χ4v) is 2.44. The fourth-order valence-electron chi connectivity index (χ4n) is 2.44. The lowest BCUT2D eigenvalue weighted by Gasteiger charge is -2.09. The number of anilines is 1. The van der Waals surface area contributed by atoms with Crippen LogP contribution in [0.1, 0.15) is 25.3 Å². The Balaban J connectivity index is 2.21. The smallest absolute Gasteiger partial charge is 0.340 e. The van der Waals surface area contributed by atoms with Crippen LogP contribution in [0.25, 0.3) is 11.1 Å². The summed E-state index contributed by atoms with van der Waals surface area (Å²) in [6.45, 7) is 4.31. The van der Waals surface area contributed by atoms with Crippen molar-refractivity contribution in [3.63, 3.8) is 0 Å². The van der Waals surface area contributed by atoms with Crippen molar-refractivity contribution in [3.8, 4) is 11.1 Å². The van der Waals surface area contributed by atoms with E-state index in [1.807, 2.05) is 30.3 Å². The van der Waals surface area contributed by atoms with Gasteiger partial charge < -0.3 is 22.5 Å². The van der Waals surface area contributed by atoms with Gasteiger partial charge in [-0.15, -0.1) is 0 Å². The highest BCUT2D eigenvalue weighted by Gasteiger charge is 2.11. The van der Waals surface area contributed by atoms with Gasteiger partial charge in [0.05, 0.1) is 5.57 Å². The number of aliphatic imine (C=N–C) groups is 1. The zero-order chi connectivity index (χ0) is 20.0. The molecule has 0 fully saturated rings. The van der Waals surface area contributed by atoms with Gasteiger partial charge in [0.15, 0.2) is 0 Å². The number of amides is 3. The van der Waals surface area contributed by atoms with E-state index in [2.05, 4.69) is 42.4 Å². The maximum atomic E-state index is 11.5. The minimum atomic E-state index is -1.01. The molecule has 0 aromatic heterocycles. The number of carbonyl (C=O) groups excluding carboxylic acids is 2. The lowest BCUT2D eigenvalue weighted by Crippen LogP contribution is -2.29. The number of benzene rings is 2. The van der Waals surface area contributed by atoms with Crippen molar-refractivity contribution < 1.29 is 9.59 Å². The molecule has 27 heavy (non-hydrogen) atoms. The Morgan fingerprint density at radius 1 is 1.00 bits per heavy atom. The molecule has 0 aliphatic rings. The van der Waals surface area contributed by atoms with Crippen LogP contribution >= 0.6 is 0 Å². The summed E-state index contributed by atoms with van der Waals surface area (Å²) >= 11 is 0. The van der Waals surface area contributed by atoms with Crippen LogP contribution in [0.2, 0.25) is 0 Å². The Hall–Kier alpha value is -3.61. The number of amidine groups is 1. The number of carbonyl (C=O) groups is 2. The Morgan fingerprint density at radius 2 is 1.67 bits per heavy atom. The predicted molar refractivity (Wildman–Crippen MR) is 108 cm³/mol.